The Labute approximate surface area is 116 Å². The van der Waals surface area contributed by atoms with Crippen LogP contribution < -0.4 is 0 Å². The zero-order valence-electron chi connectivity index (χ0n) is 10.6. The van der Waals surface area contributed by atoms with Gasteiger partial charge in [-0.2, -0.15) is 5.10 Å². The van der Waals surface area contributed by atoms with Crippen molar-refractivity contribution in [2.45, 2.75) is 6.92 Å². The van der Waals surface area contributed by atoms with Crippen LogP contribution in [-0.2, 0) is 0 Å². The minimum atomic E-state index is -1.59. The number of aryl methyl sites for hydroxylation is 1. The van der Waals surface area contributed by atoms with E-state index in [1.165, 1.54) is 18.2 Å². The number of hydrogen-bond donors (Lipinski definition) is 1. The first-order valence-corrected chi connectivity index (χ1v) is 5.54. The minimum absolute atomic E-state index is 0.0457. The van der Waals surface area contributed by atoms with Gasteiger partial charge in [-0.25, -0.2) is 9.48 Å². The number of carboxylic acids is 1. The Kier molecular flexibility index (Phi) is 3.36. The van der Waals surface area contributed by atoms with Crippen LogP contribution in [-0.4, -0.2) is 30.7 Å². The minimum Gasteiger partial charge on any atom is -0.476 e. The lowest BCUT2D eigenvalue weighted by atomic mass is 10.2. The van der Waals surface area contributed by atoms with E-state index in [0.29, 0.717) is 5.56 Å². The van der Waals surface area contributed by atoms with Gasteiger partial charge in [-0.3, -0.25) is 20.2 Å². The third kappa shape index (κ3) is 2.54. The Balaban J connectivity index is 2.70. The maximum absolute atomic E-state index is 11.0. The fraction of sp³-hybridized carbons (Fsp3) is 0.0909. The normalized spacial score (nSPS) is 10.3. The second-order valence-electron chi connectivity index (χ2n) is 4.12. The first-order valence-electron chi connectivity index (χ1n) is 5.54. The van der Waals surface area contributed by atoms with Gasteiger partial charge in [0.2, 0.25) is 5.69 Å². The average molecular weight is 292 g/mol. The molecule has 0 saturated carbocycles. The van der Waals surface area contributed by atoms with Gasteiger partial charge in [-0.1, -0.05) is 6.07 Å². The Hall–Kier alpha value is -3.30. The van der Waals surface area contributed by atoms with Gasteiger partial charge >= 0.3 is 11.7 Å². The van der Waals surface area contributed by atoms with E-state index in [2.05, 4.69) is 5.10 Å². The van der Waals surface area contributed by atoms with Crippen LogP contribution in [0.1, 0.15) is 16.1 Å². The molecule has 0 bridgehead atoms. The van der Waals surface area contributed by atoms with Gasteiger partial charge in [0, 0.05) is 6.07 Å². The molecule has 10 nitrogen and oxygen atoms in total. The van der Waals surface area contributed by atoms with E-state index in [4.69, 9.17) is 5.11 Å². The summed E-state index contributed by atoms with van der Waals surface area (Å²) in [4.78, 5) is 31.1. The highest BCUT2D eigenvalue weighted by atomic mass is 16.6. The molecule has 0 saturated heterocycles. The standard InChI is InChI=1S/C11H8N4O6/c1-6-2-3-7(14(18)19)8(4-6)13-5-9(15(20)21)10(12-13)11(16)17/h2-5H,1H3,(H,16,17). The summed E-state index contributed by atoms with van der Waals surface area (Å²) in [5.74, 6) is -1.59. The monoisotopic (exact) mass is 292 g/mol. The van der Waals surface area contributed by atoms with E-state index in [0.717, 1.165) is 10.9 Å². The number of nitro benzene ring substituents is 1. The highest BCUT2D eigenvalue weighted by Crippen LogP contribution is 2.26. The number of benzene rings is 1. The molecule has 0 aliphatic rings. The zero-order valence-corrected chi connectivity index (χ0v) is 10.6. The lowest BCUT2D eigenvalue weighted by Crippen LogP contribution is -2.04. The number of carbonyl (C=O) groups is 1. The molecule has 0 radical (unpaired) electrons. The molecule has 0 aliphatic heterocycles. The third-order valence-corrected chi connectivity index (χ3v) is 2.67. The van der Waals surface area contributed by atoms with Gasteiger partial charge in [0.1, 0.15) is 11.9 Å². The topological polar surface area (TPSA) is 141 Å². The largest absolute Gasteiger partial charge is 0.476 e. The summed E-state index contributed by atoms with van der Waals surface area (Å²) in [5.41, 5.74) is -1.25. The van der Waals surface area contributed by atoms with Gasteiger partial charge in [-0.05, 0) is 18.6 Å². The van der Waals surface area contributed by atoms with Crippen molar-refractivity contribution in [3.05, 3.63) is 55.9 Å². The van der Waals surface area contributed by atoms with Crippen LogP contribution in [0.15, 0.2) is 24.4 Å². The molecule has 1 heterocycles. The van der Waals surface area contributed by atoms with Crippen molar-refractivity contribution in [2.75, 3.05) is 0 Å². The number of rotatable bonds is 4. The molecule has 0 atom stereocenters. The van der Waals surface area contributed by atoms with Crippen molar-refractivity contribution in [3.63, 3.8) is 0 Å². The number of aromatic carboxylic acids is 1. The van der Waals surface area contributed by atoms with Crippen molar-refractivity contribution in [3.8, 4) is 5.69 Å². The second-order valence-corrected chi connectivity index (χ2v) is 4.12. The average Bonchev–Trinajstić information content (AvgIpc) is 2.83. The van der Waals surface area contributed by atoms with Gasteiger partial charge in [0.25, 0.3) is 5.69 Å². The summed E-state index contributed by atoms with van der Waals surface area (Å²) in [6.07, 6.45) is 0.839. The smallest absolute Gasteiger partial charge is 0.363 e. The molecule has 10 heteroatoms. The van der Waals surface area contributed by atoms with Crippen molar-refractivity contribution in [2.24, 2.45) is 0 Å². The number of aromatic nitrogens is 2. The number of hydrogen-bond acceptors (Lipinski definition) is 6. The van der Waals surface area contributed by atoms with E-state index in [1.807, 2.05) is 0 Å². The predicted octanol–water partition coefficient (Wildman–Crippen LogP) is 1.70. The van der Waals surface area contributed by atoms with Gasteiger partial charge < -0.3 is 5.11 Å². The molecule has 0 aliphatic carbocycles. The van der Waals surface area contributed by atoms with Crippen molar-refractivity contribution in [1.29, 1.82) is 0 Å². The molecular weight excluding hydrogens is 284 g/mol. The van der Waals surface area contributed by atoms with Gasteiger partial charge in [0.15, 0.2) is 0 Å². The Morgan fingerprint density at radius 2 is 1.86 bits per heavy atom. The molecule has 1 N–H and O–H groups in total. The van der Waals surface area contributed by atoms with Crippen LogP contribution in [0.4, 0.5) is 11.4 Å². The van der Waals surface area contributed by atoms with E-state index in [9.17, 15) is 25.0 Å². The van der Waals surface area contributed by atoms with Crippen molar-refractivity contribution < 1.29 is 19.7 Å². The third-order valence-electron chi connectivity index (χ3n) is 2.67. The van der Waals surface area contributed by atoms with Crippen LogP contribution in [0.5, 0.6) is 0 Å². The molecule has 1 aromatic heterocycles. The molecule has 0 unspecified atom stereocenters. The molecular formula is C11H8N4O6. The first-order chi connectivity index (χ1) is 9.81. The summed E-state index contributed by atoms with van der Waals surface area (Å²) in [6, 6.07) is 4.11. The summed E-state index contributed by atoms with van der Waals surface area (Å²) >= 11 is 0. The fourth-order valence-corrected chi connectivity index (χ4v) is 1.75. The molecule has 2 aromatic rings. The maximum atomic E-state index is 11.0. The summed E-state index contributed by atoms with van der Waals surface area (Å²) < 4.78 is 0.826. The molecule has 0 fully saturated rings. The van der Waals surface area contributed by atoms with E-state index in [-0.39, 0.29) is 11.4 Å². The first kappa shape index (κ1) is 14.1. The maximum Gasteiger partial charge on any atom is 0.363 e. The predicted molar refractivity (Wildman–Crippen MR) is 68.6 cm³/mol. The van der Waals surface area contributed by atoms with E-state index < -0.39 is 27.2 Å². The molecule has 0 spiro atoms. The Morgan fingerprint density at radius 3 is 2.33 bits per heavy atom. The fourth-order valence-electron chi connectivity index (χ4n) is 1.75. The number of carboxylic acid groups (broad SMARTS) is 1. The number of nitrogens with zero attached hydrogens (tertiary/aromatic N) is 4. The summed E-state index contributed by atoms with van der Waals surface area (Å²) in [5, 5.41) is 34.2. The van der Waals surface area contributed by atoms with Crippen molar-refractivity contribution in [1.82, 2.24) is 9.78 Å². The molecule has 2 rings (SSSR count). The lowest BCUT2D eigenvalue weighted by Gasteiger charge is -2.03. The SMILES string of the molecule is Cc1ccc([N+](=O)[O-])c(-n2cc([N+](=O)[O-])c(C(=O)O)n2)c1. The highest BCUT2D eigenvalue weighted by molar-refractivity contribution is 5.90. The quantitative estimate of drug-likeness (QED) is 0.667. The van der Waals surface area contributed by atoms with Crippen LogP contribution in [0.25, 0.3) is 5.69 Å². The van der Waals surface area contributed by atoms with Crippen LogP contribution in [0.3, 0.4) is 0 Å². The molecule has 21 heavy (non-hydrogen) atoms. The molecule has 1 aromatic carbocycles. The van der Waals surface area contributed by atoms with Crippen LogP contribution >= 0.6 is 0 Å². The van der Waals surface area contributed by atoms with Crippen LogP contribution in [0.2, 0.25) is 0 Å². The highest BCUT2D eigenvalue weighted by Gasteiger charge is 2.27. The Morgan fingerprint density at radius 1 is 1.24 bits per heavy atom. The van der Waals surface area contributed by atoms with E-state index in [1.54, 1.807) is 6.92 Å². The van der Waals surface area contributed by atoms with Crippen LogP contribution in [0, 0.1) is 27.2 Å². The number of nitro groups is 2. The molecule has 0 amide bonds. The van der Waals surface area contributed by atoms with Gasteiger partial charge in [-0.15, -0.1) is 0 Å². The van der Waals surface area contributed by atoms with Gasteiger partial charge in [0.05, 0.1) is 9.85 Å². The summed E-state index contributed by atoms with van der Waals surface area (Å²) in [6.45, 7) is 1.67. The summed E-state index contributed by atoms with van der Waals surface area (Å²) in [7, 11) is 0. The molecule has 108 valence electrons. The Bertz CT molecular complexity index is 735. The lowest BCUT2D eigenvalue weighted by molar-refractivity contribution is -0.385. The van der Waals surface area contributed by atoms with E-state index >= 15 is 0 Å². The zero-order chi connectivity index (χ0) is 15.7. The second kappa shape index (κ2) is 5.00. The van der Waals surface area contributed by atoms with Crippen molar-refractivity contribution >= 4 is 17.3 Å².